The van der Waals surface area contributed by atoms with E-state index in [4.69, 9.17) is 5.11 Å². The van der Waals surface area contributed by atoms with Crippen LogP contribution in [0.1, 0.15) is 19.8 Å². The number of carboxylic acid groups (broad SMARTS) is 2. The maximum Gasteiger partial charge on any atom is 0.460 e. The van der Waals surface area contributed by atoms with Crippen molar-refractivity contribution in [2.45, 2.75) is 61.5 Å². The molecule has 1 atom stereocenters. The summed E-state index contributed by atoms with van der Waals surface area (Å²) in [6, 6.07) is 0. The lowest BCUT2D eigenvalue weighted by Gasteiger charge is -2.41. The topological polar surface area (TPSA) is 142 Å². The number of carboxylic acids is 2. The molecule has 2 N–H and O–H groups in total. The van der Waals surface area contributed by atoms with Gasteiger partial charge < -0.3 is 34.7 Å². The summed E-state index contributed by atoms with van der Waals surface area (Å²) in [6.45, 7) is 1.97. The van der Waals surface area contributed by atoms with E-state index < -0.39 is 78.9 Å². The molecule has 0 aromatic rings. The van der Waals surface area contributed by atoms with Gasteiger partial charge in [-0.05, 0) is 0 Å². The molecule has 0 aromatic carbocycles. The van der Waals surface area contributed by atoms with Gasteiger partial charge in [0.05, 0.1) is 46.3 Å². The predicted octanol–water partition coefficient (Wildman–Crippen LogP) is 1.06. The third-order valence-electron chi connectivity index (χ3n) is 7.27. The molecule has 1 heterocycles. The van der Waals surface area contributed by atoms with E-state index in [0.29, 0.717) is 19.6 Å². The molecule has 0 bridgehead atoms. The number of alkyl halides is 15. The molecule has 0 aromatic heterocycles. The number of nitrogens with one attached hydrogen (secondary N) is 1. The van der Waals surface area contributed by atoms with Crippen LogP contribution >= 0.6 is 0 Å². The Morgan fingerprint density at radius 3 is 1.65 bits per heavy atom. The number of carbonyl (C=O) groups excluding carboxylic acids is 3. The van der Waals surface area contributed by atoms with Crippen molar-refractivity contribution in [2.24, 2.45) is 4.99 Å². The van der Waals surface area contributed by atoms with Gasteiger partial charge in [0.2, 0.25) is 0 Å². The zero-order valence-electron chi connectivity index (χ0n) is 25.6. The monoisotopic (exact) mass is 756 g/mol. The molecule has 49 heavy (non-hydrogen) atoms. The van der Waals surface area contributed by atoms with E-state index in [1.165, 1.54) is 14.1 Å². The molecule has 1 rings (SSSR count). The molecule has 0 spiro atoms. The molecule has 1 aliphatic rings. The Morgan fingerprint density at radius 2 is 1.27 bits per heavy atom. The van der Waals surface area contributed by atoms with Gasteiger partial charge >= 0.3 is 41.7 Å². The van der Waals surface area contributed by atoms with Gasteiger partial charge in [0.25, 0.3) is 5.91 Å². The Labute approximate surface area is 267 Å². The molecule has 1 amide bonds. The van der Waals surface area contributed by atoms with E-state index >= 15 is 0 Å². The highest BCUT2D eigenvalue weighted by atomic mass is 19.4. The number of halogens is 15. The molecule has 288 valence electrons. The van der Waals surface area contributed by atoms with Crippen molar-refractivity contribution < 1.29 is 105 Å². The number of amidine groups is 1. The molecule has 0 radical (unpaired) electrons. The van der Waals surface area contributed by atoms with Gasteiger partial charge in [-0.2, -0.15) is 65.9 Å². The number of hydrogen-bond donors (Lipinski definition) is 2. The van der Waals surface area contributed by atoms with Gasteiger partial charge in [-0.15, -0.1) is 0 Å². The van der Waals surface area contributed by atoms with Crippen molar-refractivity contribution in [3.8, 4) is 0 Å². The fourth-order valence-electron chi connectivity index (χ4n) is 4.13. The Hall–Kier alpha value is -3.09. The Morgan fingerprint density at radius 1 is 0.796 bits per heavy atom. The summed E-state index contributed by atoms with van der Waals surface area (Å²) in [7, 11) is 2.71. The first-order chi connectivity index (χ1) is 21.6. The SMILES string of the molecule is CC1=NCC[N+]1(CCO)CC(=O)[O-].C[N+](C)(CCCNC(=O)C(F)(F)C(F)(F)C(F)(F)C(F)(F)C(F)(F)C(F)(F)C(F)(F)F)CCC(=O)[O-]. The highest BCUT2D eigenvalue weighted by Crippen LogP contribution is 2.62. The fraction of sp³-hybridized carbons (Fsp3) is 0.833. The fourth-order valence-corrected chi connectivity index (χ4v) is 4.13. The molecule has 25 heteroatoms. The molecule has 0 fully saturated rings. The van der Waals surface area contributed by atoms with E-state index in [-0.39, 0.29) is 35.2 Å². The van der Waals surface area contributed by atoms with Crippen molar-refractivity contribution >= 4 is 23.7 Å². The van der Waals surface area contributed by atoms with Gasteiger partial charge in [0.1, 0.15) is 19.6 Å². The number of carbonyl (C=O) groups is 3. The molecule has 0 aliphatic carbocycles. The van der Waals surface area contributed by atoms with Crippen LogP contribution in [-0.4, -0.2) is 146 Å². The van der Waals surface area contributed by atoms with Crippen LogP contribution < -0.4 is 15.5 Å². The first-order valence-corrected chi connectivity index (χ1v) is 13.5. The van der Waals surface area contributed by atoms with Crippen LogP contribution in [0.5, 0.6) is 0 Å². The van der Waals surface area contributed by atoms with E-state index in [2.05, 4.69) is 4.99 Å². The number of amides is 1. The molecule has 0 saturated heterocycles. The highest BCUT2D eigenvalue weighted by molar-refractivity contribution is 5.84. The van der Waals surface area contributed by atoms with Gasteiger partial charge in [-0.3, -0.25) is 9.28 Å². The van der Waals surface area contributed by atoms with Crippen LogP contribution in [-0.2, 0) is 14.4 Å². The Balaban J connectivity index is 0.00000147. The van der Waals surface area contributed by atoms with Crippen molar-refractivity contribution in [3.63, 3.8) is 0 Å². The van der Waals surface area contributed by atoms with E-state index in [0.717, 1.165) is 11.2 Å². The smallest absolute Gasteiger partial charge is 0.460 e. The van der Waals surface area contributed by atoms with Gasteiger partial charge in [-0.1, -0.05) is 0 Å². The molecular weight excluding hydrogens is 725 g/mol. The third-order valence-corrected chi connectivity index (χ3v) is 7.27. The maximum atomic E-state index is 13.7. The predicted molar refractivity (Wildman–Crippen MR) is 130 cm³/mol. The highest BCUT2D eigenvalue weighted by Gasteiger charge is 2.94. The molecule has 0 saturated carbocycles. The molecule has 1 aliphatic heterocycles. The zero-order chi connectivity index (χ0) is 39.3. The van der Waals surface area contributed by atoms with Crippen LogP contribution in [0.15, 0.2) is 4.99 Å². The number of aliphatic imine (C=N–C) groups is 1. The third kappa shape index (κ3) is 9.58. The average Bonchev–Trinajstić information content (AvgIpc) is 3.27. The minimum absolute atomic E-state index is 0.0276. The minimum atomic E-state index is -8.47. The average molecular weight is 757 g/mol. The van der Waals surface area contributed by atoms with Crippen molar-refractivity contribution in [1.82, 2.24) is 5.32 Å². The van der Waals surface area contributed by atoms with Crippen LogP contribution in [0.2, 0.25) is 0 Å². The minimum Gasteiger partial charge on any atom is -0.550 e. The zero-order valence-corrected chi connectivity index (χ0v) is 25.6. The maximum absolute atomic E-state index is 13.7. The lowest BCUT2D eigenvalue weighted by molar-refractivity contribution is -0.890. The number of aliphatic hydroxyl groups excluding tert-OH is 1. The number of aliphatic carboxylic acids is 2. The first kappa shape index (κ1) is 45.9. The van der Waals surface area contributed by atoms with E-state index in [1.807, 2.05) is 0 Å². The van der Waals surface area contributed by atoms with E-state index in [1.54, 1.807) is 6.92 Å². The summed E-state index contributed by atoms with van der Waals surface area (Å²) in [6.07, 6.45) is -8.68. The summed E-state index contributed by atoms with van der Waals surface area (Å²) in [5, 5.41) is 30.6. The van der Waals surface area contributed by atoms with Crippen molar-refractivity contribution in [3.05, 3.63) is 0 Å². The normalized spacial score (nSPS) is 18.4. The van der Waals surface area contributed by atoms with Gasteiger partial charge in [0, 0.05) is 32.3 Å². The molecule has 1 unspecified atom stereocenters. The summed E-state index contributed by atoms with van der Waals surface area (Å²) in [4.78, 5) is 36.4. The van der Waals surface area contributed by atoms with E-state index in [9.17, 15) is 90.5 Å². The van der Waals surface area contributed by atoms with Gasteiger partial charge in [-0.25, -0.2) is 4.99 Å². The van der Waals surface area contributed by atoms with Crippen LogP contribution in [0.25, 0.3) is 0 Å². The summed E-state index contributed by atoms with van der Waals surface area (Å²) in [5.41, 5.74) is 0. The second-order valence-electron chi connectivity index (χ2n) is 11.3. The molecular formula is C24H31F15N4O6. The van der Waals surface area contributed by atoms with Crippen LogP contribution in [0, 0.1) is 0 Å². The standard InChI is InChI=1S/C16H17F15N2O3.C8H14N2O3/c1-33(2,7-4-8(34)35)6-3-5-32-9(36)10(17,18)11(19,20)12(21,22)13(23,24)14(25,26)15(27,28)16(29,30)31;1-7-9-2-3-10(7,4-5-11)6-8(12)13/h3-7H2,1-2H3,(H-,32,34,35,36);11H,2-6H2,1H3. The number of nitrogens with zero attached hydrogens (tertiary/aromatic N) is 3. The summed E-state index contributed by atoms with van der Waals surface area (Å²) < 4.78 is 196. The van der Waals surface area contributed by atoms with Crippen molar-refractivity contribution in [2.75, 3.05) is 66.5 Å². The second kappa shape index (κ2) is 15.4. The van der Waals surface area contributed by atoms with Crippen LogP contribution in [0.4, 0.5) is 65.9 Å². The largest absolute Gasteiger partial charge is 0.550 e. The van der Waals surface area contributed by atoms with Crippen LogP contribution in [0.3, 0.4) is 0 Å². The number of rotatable bonds is 17. The lowest BCUT2D eigenvalue weighted by Crippen LogP contribution is -2.74. The summed E-state index contributed by atoms with van der Waals surface area (Å²) >= 11 is 0. The number of quaternary nitrogens is 2. The molecule has 10 nitrogen and oxygen atoms in total. The van der Waals surface area contributed by atoms with Gasteiger partial charge in [0.15, 0.2) is 5.84 Å². The number of hydrogen-bond acceptors (Lipinski definition) is 7. The summed E-state index contributed by atoms with van der Waals surface area (Å²) in [5.74, 6) is -53.5. The quantitative estimate of drug-likeness (QED) is 0.129. The Kier molecular flexibility index (Phi) is 14.5. The lowest BCUT2D eigenvalue weighted by atomic mass is 9.91. The van der Waals surface area contributed by atoms with Crippen molar-refractivity contribution in [1.29, 1.82) is 0 Å². The first-order valence-electron chi connectivity index (χ1n) is 13.5. The second-order valence-corrected chi connectivity index (χ2v) is 11.3. The number of aliphatic hydroxyl groups is 1. The Bertz CT molecular complexity index is 1210.